The molecule has 40 heavy (non-hydrogen) atoms. The second-order valence-electron chi connectivity index (χ2n) is 9.39. The Bertz CT molecular complexity index is 1590. The molecule has 202 valence electrons. The number of benzene rings is 2. The first kappa shape index (κ1) is 26.5. The maximum atomic E-state index is 12.5. The van der Waals surface area contributed by atoms with Crippen molar-refractivity contribution in [2.75, 3.05) is 19.7 Å². The van der Waals surface area contributed by atoms with Crippen LogP contribution < -0.4 is 10.3 Å². The topological polar surface area (TPSA) is 143 Å². The van der Waals surface area contributed by atoms with Crippen molar-refractivity contribution in [2.24, 2.45) is 5.92 Å². The molecule has 5 rings (SSSR count). The number of rotatable bonds is 8. The average Bonchev–Trinajstić information content (AvgIpc) is 2.98. The highest BCUT2D eigenvalue weighted by molar-refractivity contribution is 5.61. The molecule has 1 aliphatic rings. The fourth-order valence-corrected chi connectivity index (χ4v) is 4.48. The lowest BCUT2D eigenvalue weighted by molar-refractivity contribution is -0.137. The van der Waals surface area contributed by atoms with Gasteiger partial charge in [-0.1, -0.05) is 30.3 Å². The lowest BCUT2D eigenvalue weighted by atomic mass is 9.99. The Morgan fingerprint density at radius 3 is 2.52 bits per heavy atom. The molecule has 11 nitrogen and oxygen atoms in total. The molecule has 3 heterocycles. The molecule has 0 radical (unpaired) electrons. The van der Waals surface area contributed by atoms with E-state index in [0.717, 1.165) is 29.5 Å². The van der Waals surface area contributed by atoms with E-state index in [1.165, 1.54) is 15.8 Å². The number of nitrogens with zero attached hydrogens (tertiary/aromatic N) is 6. The number of piperidine rings is 1. The number of hydrogen-bond donors (Lipinski definition) is 1. The first-order valence-corrected chi connectivity index (χ1v) is 12.8. The third-order valence-electron chi connectivity index (χ3n) is 6.57. The Hall–Kier alpha value is -5.08. The van der Waals surface area contributed by atoms with Crippen LogP contribution in [0.3, 0.4) is 0 Å². The summed E-state index contributed by atoms with van der Waals surface area (Å²) in [5, 5.41) is 23.9. The van der Waals surface area contributed by atoms with Gasteiger partial charge >= 0.3 is 6.16 Å². The van der Waals surface area contributed by atoms with Gasteiger partial charge in [-0.3, -0.25) is 4.79 Å². The minimum atomic E-state index is -1.30. The molecule has 0 unspecified atom stereocenters. The van der Waals surface area contributed by atoms with Gasteiger partial charge in [-0.15, -0.1) is 5.06 Å². The molecule has 0 atom stereocenters. The van der Waals surface area contributed by atoms with Gasteiger partial charge in [0.2, 0.25) is 0 Å². The van der Waals surface area contributed by atoms with Gasteiger partial charge in [0.1, 0.15) is 0 Å². The summed E-state index contributed by atoms with van der Waals surface area (Å²) < 4.78 is 7.26. The van der Waals surface area contributed by atoms with Crippen LogP contribution in [0.1, 0.15) is 24.0 Å². The van der Waals surface area contributed by atoms with E-state index < -0.39 is 6.16 Å². The van der Waals surface area contributed by atoms with Crippen LogP contribution in [0.5, 0.6) is 5.75 Å². The number of hydrogen-bond acceptors (Lipinski definition) is 9. The van der Waals surface area contributed by atoms with Gasteiger partial charge in [0.25, 0.3) is 5.56 Å². The summed E-state index contributed by atoms with van der Waals surface area (Å²) in [5.74, 6) is 1.36. The molecule has 1 aliphatic heterocycles. The zero-order chi connectivity index (χ0) is 27.9. The zero-order valence-corrected chi connectivity index (χ0v) is 21.5. The number of carboxylic acid groups (broad SMARTS) is 1. The normalized spacial score (nSPS) is 13.9. The van der Waals surface area contributed by atoms with E-state index in [4.69, 9.17) is 14.7 Å². The zero-order valence-electron chi connectivity index (χ0n) is 21.5. The van der Waals surface area contributed by atoms with Crippen LogP contribution >= 0.6 is 0 Å². The molecule has 0 amide bonds. The molecule has 1 fully saturated rings. The summed E-state index contributed by atoms with van der Waals surface area (Å²) in [5.41, 5.74) is 3.30. The van der Waals surface area contributed by atoms with E-state index in [2.05, 4.69) is 21.1 Å². The molecule has 2 aromatic heterocycles. The predicted molar refractivity (Wildman–Crippen MR) is 144 cm³/mol. The highest BCUT2D eigenvalue weighted by atomic mass is 16.8. The van der Waals surface area contributed by atoms with Gasteiger partial charge in [0.05, 0.1) is 42.9 Å². The largest absolute Gasteiger partial charge is 0.525 e. The highest BCUT2D eigenvalue weighted by Gasteiger charge is 2.22. The fourth-order valence-electron chi connectivity index (χ4n) is 4.48. The molecule has 11 heteroatoms. The molecule has 0 spiro atoms. The van der Waals surface area contributed by atoms with Crippen LogP contribution in [-0.4, -0.2) is 55.8 Å². The third kappa shape index (κ3) is 6.67. The van der Waals surface area contributed by atoms with Crippen molar-refractivity contribution < 1.29 is 19.5 Å². The second kappa shape index (κ2) is 12.2. The van der Waals surface area contributed by atoms with Gasteiger partial charge in [0, 0.05) is 30.3 Å². The quantitative estimate of drug-likeness (QED) is 0.350. The molecule has 4 aromatic rings. The van der Waals surface area contributed by atoms with Gasteiger partial charge < -0.3 is 14.7 Å². The SMILES string of the molecule is N#Cc1cccc(-c2ccc(=O)n(Cc3cccc(-c4ncc(OCC5CCN(OC(=O)O)CC5)cn4)c3)n2)c1. The lowest BCUT2D eigenvalue weighted by Gasteiger charge is -2.29. The maximum Gasteiger partial charge on any atom is 0.525 e. The molecule has 1 saturated heterocycles. The molecule has 0 saturated carbocycles. The van der Waals surface area contributed by atoms with Crippen molar-refractivity contribution in [1.82, 2.24) is 24.8 Å². The summed E-state index contributed by atoms with van der Waals surface area (Å²) in [4.78, 5) is 36.8. The molecule has 1 N–H and O–H groups in total. The van der Waals surface area contributed by atoms with E-state index in [9.17, 15) is 14.9 Å². The molecular formula is C29H26N6O5. The van der Waals surface area contributed by atoms with Crippen LogP contribution in [0.25, 0.3) is 22.6 Å². The lowest BCUT2D eigenvalue weighted by Crippen LogP contribution is -2.36. The number of hydroxylamine groups is 2. The number of ether oxygens (including phenoxy) is 1. The Kier molecular flexibility index (Phi) is 8.08. The van der Waals surface area contributed by atoms with E-state index >= 15 is 0 Å². The van der Waals surface area contributed by atoms with Crippen molar-refractivity contribution in [2.45, 2.75) is 19.4 Å². The monoisotopic (exact) mass is 538 g/mol. The summed E-state index contributed by atoms with van der Waals surface area (Å²) in [7, 11) is 0. The average molecular weight is 539 g/mol. The van der Waals surface area contributed by atoms with Gasteiger partial charge in [-0.25, -0.2) is 19.4 Å². The maximum absolute atomic E-state index is 12.5. The highest BCUT2D eigenvalue weighted by Crippen LogP contribution is 2.22. The van der Waals surface area contributed by atoms with Crippen LogP contribution in [0.15, 0.2) is 77.9 Å². The minimum Gasteiger partial charge on any atom is -0.490 e. The van der Waals surface area contributed by atoms with Crippen LogP contribution in [0, 0.1) is 17.2 Å². The predicted octanol–water partition coefficient (Wildman–Crippen LogP) is 3.99. The standard InChI is InChI=1S/C29H26N6O5/c30-15-21-3-1-5-23(13-21)26-7-8-27(36)35(33-26)18-22-4-2-6-24(14-22)28-31-16-25(17-32-28)39-19-20-9-11-34(12-10-20)40-29(37)38/h1-8,13-14,16-17,20H,9-12,18-19H2,(H,37,38). The Labute approximate surface area is 229 Å². The van der Waals surface area contributed by atoms with Crippen LogP contribution in [0.2, 0.25) is 0 Å². The number of carbonyl (C=O) groups is 1. The van der Waals surface area contributed by atoms with E-state index in [1.807, 2.05) is 30.3 Å². The summed E-state index contributed by atoms with van der Waals surface area (Å²) in [6.45, 7) is 1.82. The minimum absolute atomic E-state index is 0.233. The molecule has 0 bridgehead atoms. The smallest absolute Gasteiger partial charge is 0.490 e. The summed E-state index contributed by atoms with van der Waals surface area (Å²) in [6.07, 6.45) is 3.50. The van der Waals surface area contributed by atoms with Crippen molar-refractivity contribution in [3.63, 3.8) is 0 Å². The number of aromatic nitrogens is 4. The second-order valence-corrected chi connectivity index (χ2v) is 9.39. The van der Waals surface area contributed by atoms with Crippen molar-refractivity contribution in [3.8, 4) is 34.5 Å². The first-order chi connectivity index (χ1) is 19.5. The molecular weight excluding hydrogens is 512 g/mol. The first-order valence-electron chi connectivity index (χ1n) is 12.8. The van der Waals surface area contributed by atoms with Crippen LogP contribution in [0.4, 0.5) is 4.79 Å². The van der Waals surface area contributed by atoms with Crippen LogP contribution in [-0.2, 0) is 11.4 Å². The van der Waals surface area contributed by atoms with Crippen molar-refractivity contribution in [1.29, 1.82) is 5.26 Å². The Morgan fingerprint density at radius 1 is 1.02 bits per heavy atom. The van der Waals surface area contributed by atoms with Gasteiger partial charge in [-0.2, -0.15) is 10.4 Å². The molecule has 0 aliphatic carbocycles. The van der Waals surface area contributed by atoms with Gasteiger partial charge in [-0.05, 0) is 48.6 Å². The van der Waals surface area contributed by atoms with Crippen molar-refractivity contribution >= 4 is 6.16 Å². The Morgan fingerprint density at radius 2 is 1.77 bits per heavy atom. The summed E-state index contributed by atoms with van der Waals surface area (Å²) in [6, 6.07) is 19.9. The fraction of sp³-hybridized carbons (Fsp3) is 0.241. The third-order valence-corrected chi connectivity index (χ3v) is 6.57. The van der Waals surface area contributed by atoms with E-state index in [-0.39, 0.29) is 18.0 Å². The van der Waals surface area contributed by atoms with E-state index in [0.29, 0.717) is 42.5 Å². The number of nitriles is 1. The van der Waals surface area contributed by atoms with Gasteiger partial charge in [0.15, 0.2) is 11.6 Å². The van der Waals surface area contributed by atoms with E-state index in [1.54, 1.807) is 36.7 Å². The molecule has 2 aromatic carbocycles. The van der Waals surface area contributed by atoms with Crippen molar-refractivity contribution in [3.05, 3.63) is 94.5 Å². The summed E-state index contributed by atoms with van der Waals surface area (Å²) >= 11 is 0. The Balaban J connectivity index is 1.22.